The van der Waals surface area contributed by atoms with E-state index in [1.54, 1.807) is 0 Å². The number of hydrogen-bond donors (Lipinski definition) is 0. The van der Waals surface area contributed by atoms with Crippen LogP contribution in [0.5, 0.6) is 0 Å². The molecule has 0 atom stereocenters. The molecule has 0 aliphatic carbocycles. The molecule has 0 N–H and O–H groups in total. The Labute approximate surface area is 414 Å². The molecule has 2 heterocycles. The summed E-state index contributed by atoms with van der Waals surface area (Å²) in [7, 11) is 0. The summed E-state index contributed by atoms with van der Waals surface area (Å²) in [4.78, 5) is 0. The molecular weight excluding hydrogens is 966 g/mol. The first kappa shape index (κ1) is 42.2. The van der Waals surface area contributed by atoms with E-state index in [-0.39, 0.29) is 0 Å². The number of fused-ring (bicyclic) bond motifs is 7. The molecule has 0 saturated heterocycles. The van der Waals surface area contributed by atoms with E-state index in [4.69, 9.17) is 0 Å². The van der Waals surface area contributed by atoms with Gasteiger partial charge in [-0.25, -0.2) is 0 Å². The van der Waals surface area contributed by atoms with Gasteiger partial charge in [0.25, 0.3) is 0 Å². The van der Waals surface area contributed by atoms with Gasteiger partial charge < -0.3 is 0 Å². The van der Waals surface area contributed by atoms with Crippen LogP contribution in [0.25, 0.3) is 55.0 Å². The van der Waals surface area contributed by atoms with Crippen molar-refractivity contribution < 1.29 is 0 Å². The molecule has 70 heavy (non-hydrogen) atoms. The van der Waals surface area contributed by atoms with Crippen molar-refractivity contribution >= 4 is 105 Å². The van der Waals surface area contributed by atoms with Gasteiger partial charge in [-0.05, 0) is 0 Å². The summed E-state index contributed by atoms with van der Waals surface area (Å²) in [6.07, 6.45) is 0. The van der Waals surface area contributed by atoms with Crippen molar-refractivity contribution in [3.8, 4) is 11.4 Å². The van der Waals surface area contributed by atoms with Gasteiger partial charge in [-0.1, -0.05) is 0 Å². The van der Waals surface area contributed by atoms with E-state index < -0.39 is 26.5 Å². The van der Waals surface area contributed by atoms with Crippen molar-refractivity contribution in [2.24, 2.45) is 0 Å². The predicted molar refractivity (Wildman–Crippen MR) is 302 cm³/mol. The Hall–Kier alpha value is -7.89. The predicted octanol–water partition coefficient (Wildman–Crippen LogP) is 10.6. The molecule has 0 fully saturated rings. The van der Waals surface area contributed by atoms with Gasteiger partial charge in [0.05, 0.1) is 0 Å². The van der Waals surface area contributed by atoms with Crippen LogP contribution >= 0.6 is 0 Å². The second-order valence-corrected chi connectivity index (χ2v) is 34.3. The normalized spacial score (nSPS) is 12.0. The second-order valence-electron chi connectivity index (χ2n) is 18.4. The van der Waals surface area contributed by atoms with Crippen molar-refractivity contribution in [2.45, 2.75) is 0 Å². The monoisotopic (exact) mass is 1020 g/mol. The van der Waals surface area contributed by atoms with Crippen molar-refractivity contribution in [3.63, 3.8) is 0 Å². The van der Waals surface area contributed by atoms with Gasteiger partial charge in [-0.3, -0.25) is 0 Å². The molecule has 0 aliphatic heterocycles. The van der Waals surface area contributed by atoms with Crippen molar-refractivity contribution in [3.05, 3.63) is 291 Å². The Bertz CT molecular complexity index is 3630. The SMILES string of the molecule is c1ccc(-n2c3ccccc3c3ccc4c(c5ccccc5n4-c4c[c]([Ge]([c]5ccccc5)([c]5ccccc5)[c]5ccccc5)c[c]([Ge]([c]5ccccc5)([c]5ccccc5)[c]5ccccc5)c4)c32)cc1. The van der Waals surface area contributed by atoms with Crippen LogP contribution in [-0.4, -0.2) is 35.7 Å². The number of hydrogen-bond acceptors (Lipinski definition) is 0. The Balaban J connectivity index is 1.25. The van der Waals surface area contributed by atoms with Gasteiger partial charge in [0, 0.05) is 0 Å². The molecule has 13 aromatic rings. The number of nitrogens with zero attached hydrogens (tertiary/aromatic N) is 2. The summed E-state index contributed by atoms with van der Waals surface area (Å²) in [6, 6.07) is 110. The van der Waals surface area contributed by atoms with Gasteiger partial charge in [0.1, 0.15) is 0 Å². The first-order chi connectivity index (χ1) is 34.8. The number of para-hydroxylation sites is 3. The molecule has 0 bridgehead atoms. The van der Waals surface area contributed by atoms with Gasteiger partial charge in [-0.2, -0.15) is 0 Å². The van der Waals surface area contributed by atoms with Gasteiger partial charge in [0.15, 0.2) is 0 Å². The molecule has 0 amide bonds. The summed E-state index contributed by atoms with van der Waals surface area (Å²) in [5.74, 6) is 0. The third-order valence-corrected chi connectivity index (χ3v) is 34.7. The third-order valence-electron chi connectivity index (χ3n) is 14.8. The van der Waals surface area contributed by atoms with Gasteiger partial charge in [0.2, 0.25) is 0 Å². The summed E-state index contributed by atoms with van der Waals surface area (Å²) in [6.45, 7) is 0. The molecule has 0 unspecified atom stereocenters. The third kappa shape index (κ3) is 6.55. The summed E-state index contributed by atoms with van der Waals surface area (Å²) < 4.78 is 16.3. The van der Waals surface area contributed by atoms with Gasteiger partial charge >= 0.3 is 417 Å². The van der Waals surface area contributed by atoms with Crippen LogP contribution in [0.3, 0.4) is 0 Å². The van der Waals surface area contributed by atoms with Crippen LogP contribution in [0.4, 0.5) is 0 Å². The zero-order valence-corrected chi connectivity index (χ0v) is 42.8. The van der Waals surface area contributed by atoms with Crippen LogP contribution < -0.4 is 35.2 Å². The fraction of sp³-hybridized carbons (Fsp3) is 0. The van der Waals surface area contributed by atoms with E-state index in [1.165, 1.54) is 84.5 Å². The molecule has 4 heteroatoms. The average Bonchev–Trinajstić information content (AvgIpc) is 3.97. The standard InChI is InChI=1S/C66H48Ge2N2/c1-8-26-49(27-9-1)67(50-28-10-2-11-29-50,51-30-12-3-13-31-51)55-46-56(68(52-32-14-4-15-33-52,53-34-16-5-17-35-53)54-36-18-6-19-37-54)48-58(47-55)69-63-43-25-23-41-61(63)65-64(69)45-44-60-59-40-22-24-42-62(59)70(66(60)65)57-38-20-7-21-39-57/h1-48H. The van der Waals surface area contributed by atoms with Crippen LogP contribution in [0.15, 0.2) is 291 Å². The molecule has 11 aromatic carbocycles. The van der Waals surface area contributed by atoms with E-state index in [0.717, 1.165) is 5.69 Å². The fourth-order valence-electron chi connectivity index (χ4n) is 11.9. The Kier molecular flexibility index (Phi) is 10.6. The molecule has 0 spiro atoms. The van der Waals surface area contributed by atoms with E-state index in [1.807, 2.05) is 0 Å². The van der Waals surface area contributed by atoms with Crippen LogP contribution in [0.1, 0.15) is 0 Å². The van der Waals surface area contributed by atoms with E-state index in [0.29, 0.717) is 0 Å². The first-order valence-electron chi connectivity index (χ1n) is 24.3. The molecule has 2 nitrogen and oxygen atoms in total. The van der Waals surface area contributed by atoms with Crippen molar-refractivity contribution in [1.82, 2.24) is 9.13 Å². The zero-order chi connectivity index (χ0) is 46.5. The maximum absolute atomic E-state index is 3.93. The molecule has 0 aliphatic rings. The van der Waals surface area contributed by atoms with Crippen LogP contribution in [0, 0.1) is 0 Å². The number of benzene rings is 11. The van der Waals surface area contributed by atoms with E-state index in [2.05, 4.69) is 300 Å². The molecule has 0 radical (unpaired) electrons. The number of rotatable bonds is 10. The number of aromatic nitrogens is 2. The summed E-state index contributed by atoms with van der Waals surface area (Å²) >= 11 is -7.87. The molecule has 2 aromatic heterocycles. The Morgan fingerprint density at radius 3 is 0.971 bits per heavy atom. The Morgan fingerprint density at radius 2 is 0.557 bits per heavy atom. The van der Waals surface area contributed by atoms with Crippen molar-refractivity contribution in [2.75, 3.05) is 0 Å². The topological polar surface area (TPSA) is 9.86 Å². The minimum atomic E-state index is -3.93. The molecule has 0 saturated carbocycles. The van der Waals surface area contributed by atoms with Gasteiger partial charge in [-0.15, -0.1) is 0 Å². The first-order valence-corrected chi connectivity index (χ1v) is 32.7. The molecule has 13 rings (SSSR count). The maximum atomic E-state index is 2.70. The van der Waals surface area contributed by atoms with E-state index in [9.17, 15) is 0 Å². The van der Waals surface area contributed by atoms with Crippen LogP contribution in [-0.2, 0) is 0 Å². The zero-order valence-electron chi connectivity index (χ0n) is 38.6. The fourth-order valence-corrected chi connectivity index (χ4v) is 32.8. The molecular formula is C66H48Ge2N2. The second kappa shape index (κ2) is 17.6. The molecule has 330 valence electrons. The summed E-state index contributed by atoms with van der Waals surface area (Å²) in [5.41, 5.74) is 7.14. The van der Waals surface area contributed by atoms with Crippen LogP contribution in [0.2, 0.25) is 0 Å². The van der Waals surface area contributed by atoms with E-state index >= 15 is 0 Å². The quantitative estimate of drug-likeness (QED) is 0.121. The summed E-state index contributed by atoms with van der Waals surface area (Å²) in [5, 5.41) is 4.99. The minimum absolute atomic E-state index is 1.15. The van der Waals surface area contributed by atoms with Crippen molar-refractivity contribution in [1.29, 1.82) is 0 Å². The Morgan fingerprint density at radius 1 is 0.214 bits per heavy atom. The average molecular weight is 1010 g/mol.